The molecule has 0 atom stereocenters. The van der Waals surface area contributed by atoms with Gasteiger partial charge in [0.1, 0.15) is 0 Å². The first kappa shape index (κ1) is 15.2. The van der Waals surface area contributed by atoms with Gasteiger partial charge in [-0.3, -0.25) is 9.59 Å². The average Bonchev–Trinajstić information content (AvgIpc) is 2.35. The molecule has 4 nitrogen and oxygen atoms in total. The number of aryl methyl sites for hydroxylation is 3. The molecular formula is C15H22N2O2. The van der Waals surface area contributed by atoms with Crippen molar-refractivity contribution >= 4 is 11.8 Å². The summed E-state index contributed by atoms with van der Waals surface area (Å²) >= 11 is 0. The molecule has 0 saturated carbocycles. The summed E-state index contributed by atoms with van der Waals surface area (Å²) < 4.78 is 0. The molecule has 4 heteroatoms. The van der Waals surface area contributed by atoms with Gasteiger partial charge in [-0.25, -0.2) is 0 Å². The highest BCUT2D eigenvalue weighted by molar-refractivity contribution is 5.84. The highest BCUT2D eigenvalue weighted by atomic mass is 16.2. The summed E-state index contributed by atoms with van der Waals surface area (Å²) in [5.74, 6) is -0.242. The standard InChI is InChI=1S/C15H22N2O2/c1-4-16-15(19)10-17-14(18)8-7-13-6-5-11(2)9-12(13)3/h5-6,9H,4,7-8,10H2,1-3H3,(H,16,19)(H,17,18). The van der Waals surface area contributed by atoms with Crippen LogP contribution in [0.2, 0.25) is 0 Å². The van der Waals surface area contributed by atoms with Gasteiger partial charge in [0.15, 0.2) is 0 Å². The zero-order valence-corrected chi connectivity index (χ0v) is 11.9. The molecule has 2 amide bonds. The monoisotopic (exact) mass is 262 g/mol. The molecule has 2 N–H and O–H groups in total. The molecule has 1 aromatic carbocycles. The first-order valence-corrected chi connectivity index (χ1v) is 6.62. The van der Waals surface area contributed by atoms with Gasteiger partial charge in [0.2, 0.25) is 11.8 Å². The maximum Gasteiger partial charge on any atom is 0.239 e. The van der Waals surface area contributed by atoms with Crippen molar-refractivity contribution in [3.63, 3.8) is 0 Å². The Hall–Kier alpha value is -1.84. The maximum absolute atomic E-state index is 11.6. The number of carbonyl (C=O) groups excluding carboxylic acids is 2. The molecule has 0 saturated heterocycles. The first-order valence-electron chi connectivity index (χ1n) is 6.62. The number of hydrogen-bond acceptors (Lipinski definition) is 2. The lowest BCUT2D eigenvalue weighted by atomic mass is 10.0. The van der Waals surface area contributed by atoms with E-state index in [4.69, 9.17) is 0 Å². The number of likely N-dealkylation sites (N-methyl/N-ethyl adjacent to an activating group) is 1. The topological polar surface area (TPSA) is 58.2 Å². The van der Waals surface area contributed by atoms with E-state index in [0.29, 0.717) is 19.4 Å². The lowest BCUT2D eigenvalue weighted by Crippen LogP contribution is -2.36. The van der Waals surface area contributed by atoms with Crippen molar-refractivity contribution in [2.75, 3.05) is 13.1 Å². The van der Waals surface area contributed by atoms with Crippen LogP contribution in [0, 0.1) is 13.8 Å². The quantitative estimate of drug-likeness (QED) is 0.816. The van der Waals surface area contributed by atoms with Crippen molar-refractivity contribution in [2.45, 2.75) is 33.6 Å². The summed E-state index contributed by atoms with van der Waals surface area (Å²) in [5.41, 5.74) is 3.61. The van der Waals surface area contributed by atoms with Crippen LogP contribution in [0.5, 0.6) is 0 Å². The summed E-state index contributed by atoms with van der Waals surface area (Å²) in [6.07, 6.45) is 1.11. The van der Waals surface area contributed by atoms with E-state index < -0.39 is 0 Å². The van der Waals surface area contributed by atoms with Gasteiger partial charge in [0.25, 0.3) is 0 Å². The van der Waals surface area contributed by atoms with Gasteiger partial charge in [-0.2, -0.15) is 0 Å². The second kappa shape index (κ2) is 7.56. The number of nitrogens with one attached hydrogen (secondary N) is 2. The third-order valence-corrected chi connectivity index (χ3v) is 2.94. The van der Waals surface area contributed by atoms with Crippen molar-refractivity contribution in [3.05, 3.63) is 34.9 Å². The number of carbonyl (C=O) groups is 2. The van der Waals surface area contributed by atoms with E-state index in [0.717, 1.165) is 0 Å². The van der Waals surface area contributed by atoms with E-state index in [9.17, 15) is 9.59 Å². The van der Waals surface area contributed by atoms with E-state index in [2.05, 4.69) is 42.7 Å². The van der Waals surface area contributed by atoms with Crippen LogP contribution in [-0.2, 0) is 16.0 Å². The minimum Gasteiger partial charge on any atom is -0.355 e. The van der Waals surface area contributed by atoms with Crippen LogP contribution in [0.1, 0.15) is 30.0 Å². The molecule has 0 bridgehead atoms. The van der Waals surface area contributed by atoms with Gasteiger partial charge < -0.3 is 10.6 Å². The predicted molar refractivity (Wildman–Crippen MR) is 75.9 cm³/mol. The molecule has 0 fully saturated rings. The molecule has 1 aromatic rings. The van der Waals surface area contributed by atoms with Crippen LogP contribution in [0.4, 0.5) is 0 Å². The molecule has 0 unspecified atom stereocenters. The number of rotatable bonds is 6. The Morgan fingerprint density at radius 3 is 2.47 bits per heavy atom. The zero-order valence-electron chi connectivity index (χ0n) is 11.9. The van der Waals surface area contributed by atoms with Crippen LogP contribution in [0.3, 0.4) is 0 Å². The fourth-order valence-electron chi connectivity index (χ4n) is 1.90. The van der Waals surface area contributed by atoms with Crippen molar-refractivity contribution < 1.29 is 9.59 Å². The molecule has 0 aromatic heterocycles. The van der Waals surface area contributed by atoms with Gasteiger partial charge in [0.05, 0.1) is 6.54 Å². The largest absolute Gasteiger partial charge is 0.355 e. The van der Waals surface area contributed by atoms with Crippen LogP contribution in [-0.4, -0.2) is 24.9 Å². The fourth-order valence-corrected chi connectivity index (χ4v) is 1.90. The van der Waals surface area contributed by atoms with E-state index in [1.54, 1.807) is 0 Å². The Bertz CT molecular complexity index is 455. The van der Waals surface area contributed by atoms with Crippen molar-refractivity contribution in [2.24, 2.45) is 0 Å². The fraction of sp³-hybridized carbons (Fsp3) is 0.467. The van der Waals surface area contributed by atoms with Crippen LogP contribution in [0.15, 0.2) is 18.2 Å². The molecule has 0 aliphatic carbocycles. The maximum atomic E-state index is 11.6. The zero-order chi connectivity index (χ0) is 14.3. The Labute approximate surface area is 114 Å². The molecule has 19 heavy (non-hydrogen) atoms. The van der Waals surface area contributed by atoms with Crippen LogP contribution in [0.25, 0.3) is 0 Å². The van der Waals surface area contributed by atoms with Gasteiger partial charge in [-0.05, 0) is 38.3 Å². The van der Waals surface area contributed by atoms with Gasteiger partial charge >= 0.3 is 0 Å². The number of benzene rings is 1. The minimum absolute atomic E-state index is 0.0551. The normalized spacial score (nSPS) is 10.1. The lowest BCUT2D eigenvalue weighted by molar-refractivity contribution is -0.126. The third kappa shape index (κ3) is 5.55. The number of hydrogen-bond donors (Lipinski definition) is 2. The Morgan fingerprint density at radius 2 is 1.84 bits per heavy atom. The summed E-state index contributed by atoms with van der Waals surface area (Å²) in [4.78, 5) is 22.8. The van der Waals surface area contributed by atoms with Crippen LogP contribution >= 0.6 is 0 Å². The van der Waals surface area contributed by atoms with Gasteiger partial charge in [-0.1, -0.05) is 23.8 Å². The highest BCUT2D eigenvalue weighted by Crippen LogP contribution is 2.12. The van der Waals surface area contributed by atoms with E-state index in [1.165, 1.54) is 16.7 Å². The minimum atomic E-state index is -0.151. The first-order chi connectivity index (χ1) is 9.02. The van der Waals surface area contributed by atoms with Crippen molar-refractivity contribution in [1.29, 1.82) is 0 Å². The molecular weight excluding hydrogens is 240 g/mol. The Kier molecular flexibility index (Phi) is 6.06. The van der Waals surface area contributed by atoms with Crippen LogP contribution < -0.4 is 10.6 Å². The molecule has 1 rings (SSSR count). The highest BCUT2D eigenvalue weighted by Gasteiger charge is 2.06. The second-order valence-corrected chi connectivity index (χ2v) is 4.66. The SMILES string of the molecule is CCNC(=O)CNC(=O)CCc1ccc(C)cc1C. The molecule has 0 aliphatic heterocycles. The van der Waals surface area contributed by atoms with Crippen molar-refractivity contribution in [1.82, 2.24) is 10.6 Å². The van der Waals surface area contributed by atoms with Crippen molar-refractivity contribution in [3.8, 4) is 0 Å². The molecule has 104 valence electrons. The summed E-state index contributed by atoms with van der Waals surface area (Å²) in [6.45, 7) is 6.58. The van der Waals surface area contributed by atoms with Gasteiger partial charge in [0, 0.05) is 13.0 Å². The third-order valence-electron chi connectivity index (χ3n) is 2.94. The number of amides is 2. The molecule has 0 heterocycles. The van der Waals surface area contributed by atoms with E-state index in [-0.39, 0.29) is 18.4 Å². The molecule has 0 spiro atoms. The predicted octanol–water partition coefficient (Wildman–Crippen LogP) is 1.49. The second-order valence-electron chi connectivity index (χ2n) is 4.66. The molecule has 0 aliphatic rings. The van der Waals surface area contributed by atoms with E-state index in [1.807, 2.05) is 6.92 Å². The smallest absolute Gasteiger partial charge is 0.239 e. The summed E-state index contributed by atoms with van der Waals surface area (Å²) in [6, 6.07) is 6.22. The Morgan fingerprint density at radius 1 is 1.11 bits per heavy atom. The summed E-state index contributed by atoms with van der Waals surface area (Å²) in [5, 5.41) is 5.25. The van der Waals surface area contributed by atoms with E-state index >= 15 is 0 Å². The Balaban J connectivity index is 2.36. The lowest BCUT2D eigenvalue weighted by Gasteiger charge is -2.08. The molecule has 0 radical (unpaired) electrons. The average molecular weight is 262 g/mol. The summed E-state index contributed by atoms with van der Waals surface area (Å²) in [7, 11) is 0. The van der Waals surface area contributed by atoms with Gasteiger partial charge in [-0.15, -0.1) is 0 Å².